The van der Waals surface area contributed by atoms with E-state index in [0.29, 0.717) is 23.7 Å². The molecule has 0 saturated carbocycles. The average Bonchev–Trinajstić information content (AvgIpc) is 3.39. The van der Waals surface area contributed by atoms with Crippen LogP contribution < -0.4 is 10.9 Å². The van der Waals surface area contributed by atoms with Crippen LogP contribution in [0.1, 0.15) is 36.8 Å². The van der Waals surface area contributed by atoms with Gasteiger partial charge in [-0.25, -0.2) is 0 Å². The molecule has 2 aromatic carbocycles. The molecular formula is C23H23BrN4O2. The number of ether oxygens (including phenoxy) is 1. The maximum atomic E-state index is 13.0. The molecule has 1 atom stereocenters. The Morgan fingerprint density at radius 1 is 1.07 bits per heavy atom. The highest BCUT2D eigenvalue weighted by Gasteiger charge is 2.26. The smallest absolute Gasteiger partial charge is 0.283 e. The van der Waals surface area contributed by atoms with Crippen molar-refractivity contribution in [3.05, 3.63) is 56.8 Å². The molecule has 2 aliphatic heterocycles. The van der Waals surface area contributed by atoms with E-state index in [4.69, 9.17) is 4.74 Å². The summed E-state index contributed by atoms with van der Waals surface area (Å²) in [7, 11) is 0. The van der Waals surface area contributed by atoms with Crippen LogP contribution in [0.2, 0.25) is 0 Å². The average molecular weight is 467 g/mol. The molecule has 2 saturated heterocycles. The zero-order chi connectivity index (χ0) is 20.2. The first-order chi connectivity index (χ1) is 14.7. The SMILES string of the molecule is O=c1nc2n([C@H]3CCOC3)c3cc(C4CCNCC4)ccc3n2c2cccc(Br)c12. The van der Waals surface area contributed by atoms with E-state index in [-0.39, 0.29) is 11.6 Å². The number of hydrogen-bond donors (Lipinski definition) is 1. The van der Waals surface area contributed by atoms with Gasteiger partial charge >= 0.3 is 0 Å². The first-order valence-corrected chi connectivity index (χ1v) is 11.4. The predicted octanol–water partition coefficient (Wildman–Crippen LogP) is 3.99. The number of piperidine rings is 1. The molecule has 4 aromatic rings. The van der Waals surface area contributed by atoms with E-state index in [0.717, 1.165) is 60.0 Å². The third kappa shape index (κ3) is 2.76. The summed E-state index contributed by atoms with van der Waals surface area (Å²) >= 11 is 3.55. The van der Waals surface area contributed by atoms with Crippen molar-refractivity contribution in [2.24, 2.45) is 0 Å². The van der Waals surface area contributed by atoms with Gasteiger partial charge in [-0.3, -0.25) is 9.20 Å². The third-order valence-electron chi connectivity index (χ3n) is 6.64. The summed E-state index contributed by atoms with van der Waals surface area (Å²) in [6.45, 7) is 3.53. The highest BCUT2D eigenvalue weighted by Crippen LogP contribution is 2.34. The van der Waals surface area contributed by atoms with Crippen LogP contribution in [-0.2, 0) is 4.74 Å². The predicted molar refractivity (Wildman–Crippen MR) is 121 cm³/mol. The van der Waals surface area contributed by atoms with Crippen LogP contribution in [0.15, 0.2) is 45.7 Å². The molecule has 0 radical (unpaired) electrons. The van der Waals surface area contributed by atoms with Crippen LogP contribution in [-0.4, -0.2) is 40.3 Å². The third-order valence-corrected chi connectivity index (χ3v) is 7.31. The fourth-order valence-corrected chi connectivity index (χ4v) is 5.66. The van der Waals surface area contributed by atoms with Crippen LogP contribution in [0.3, 0.4) is 0 Å². The van der Waals surface area contributed by atoms with Gasteiger partial charge in [0, 0.05) is 11.1 Å². The molecule has 30 heavy (non-hydrogen) atoms. The lowest BCUT2D eigenvalue weighted by Gasteiger charge is -2.23. The van der Waals surface area contributed by atoms with E-state index in [9.17, 15) is 4.79 Å². The van der Waals surface area contributed by atoms with E-state index in [2.05, 4.69) is 53.4 Å². The van der Waals surface area contributed by atoms with Gasteiger partial charge in [0.1, 0.15) is 0 Å². The van der Waals surface area contributed by atoms with E-state index in [1.807, 2.05) is 18.2 Å². The molecule has 0 aliphatic carbocycles. The van der Waals surface area contributed by atoms with Crippen molar-refractivity contribution in [1.29, 1.82) is 0 Å². The molecule has 2 fully saturated rings. The highest BCUT2D eigenvalue weighted by molar-refractivity contribution is 9.10. The second kappa shape index (κ2) is 7.18. The van der Waals surface area contributed by atoms with Gasteiger partial charge in [-0.15, -0.1) is 0 Å². The molecule has 6 nitrogen and oxygen atoms in total. The first kappa shape index (κ1) is 18.5. The van der Waals surface area contributed by atoms with Crippen LogP contribution in [0.4, 0.5) is 0 Å². The van der Waals surface area contributed by atoms with E-state index < -0.39 is 0 Å². The Morgan fingerprint density at radius 3 is 2.73 bits per heavy atom. The number of halogens is 1. The number of imidazole rings is 1. The normalized spacial score (nSPS) is 20.6. The van der Waals surface area contributed by atoms with E-state index in [1.165, 1.54) is 5.56 Å². The molecular weight excluding hydrogens is 444 g/mol. The van der Waals surface area contributed by atoms with Crippen LogP contribution >= 0.6 is 15.9 Å². The topological polar surface area (TPSA) is 60.6 Å². The Balaban J connectivity index is 1.71. The Labute approximate surface area is 182 Å². The monoisotopic (exact) mass is 466 g/mol. The molecule has 2 aliphatic rings. The minimum Gasteiger partial charge on any atom is -0.379 e. The lowest BCUT2D eigenvalue weighted by molar-refractivity contribution is 0.187. The second-order valence-electron chi connectivity index (χ2n) is 8.35. The van der Waals surface area contributed by atoms with Crippen molar-refractivity contribution in [1.82, 2.24) is 19.3 Å². The summed E-state index contributed by atoms with van der Waals surface area (Å²) in [5.74, 6) is 1.28. The van der Waals surface area contributed by atoms with Gasteiger partial charge in [-0.2, -0.15) is 4.98 Å². The maximum absolute atomic E-state index is 13.0. The number of nitrogens with one attached hydrogen (secondary N) is 1. The fourth-order valence-electron chi connectivity index (χ4n) is 5.14. The molecule has 0 bridgehead atoms. The minimum absolute atomic E-state index is 0.192. The summed E-state index contributed by atoms with van der Waals surface area (Å²) in [5, 5.41) is 4.08. The van der Waals surface area contributed by atoms with Crippen molar-refractivity contribution in [2.45, 2.75) is 31.2 Å². The van der Waals surface area contributed by atoms with Gasteiger partial charge in [0.15, 0.2) is 0 Å². The van der Waals surface area contributed by atoms with E-state index in [1.54, 1.807) is 0 Å². The molecule has 6 rings (SSSR count). The van der Waals surface area contributed by atoms with Gasteiger partial charge < -0.3 is 14.6 Å². The Hall–Kier alpha value is -2.22. The molecule has 0 amide bonds. The van der Waals surface area contributed by atoms with Gasteiger partial charge in [-0.1, -0.05) is 12.1 Å². The Morgan fingerprint density at radius 2 is 1.93 bits per heavy atom. The quantitative estimate of drug-likeness (QED) is 0.485. The van der Waals surface area contributed by atoms with Gasteiger partial charge in [0.05, 0.1) is 34.6 Å². The number of benzene rings is 2. The van der Waals surface area contributed by atoms with Crippen LogP contribution in [0.5, 0.6) is 0 Å². The summed E-state index contributed by atoms with van der Waals surface area (Å²) in [6.07, 6.45) is 3.25. The zero-order valence-electron chi connectivity index (χ0n) is 16.6. The summed E-state index contributed by atoms with van der Waals surface area (Å²) in [4.78, 5) is 17.5. The number of hydrogen-bond acceptors (Lipinski definition) is 4. The molecule has 4 heterocycles. The summed E-state index contributed by atoms with van der Waals surface area (Å²) in [5.41, 5.74) is 4.29. The summed E-state index contributed by atoms with van der Waals surface area (Å²) < 4.78 is 10.9. The number of rotatable bonds is 2. The molecule has 154 valence electrons. The second-order valence-corrected chi connectivity index (χ2v) is 9.20. The van der Waals surface area contributed by atoms with Gasteiger partial charge in [0.2, 0.25) is 5.78 Å². The first-order valence-electron chi connectivity index (χ1n) is 10.7. The Bertz CT molecular complexity index is 1330. The minimum atomic E-state index is -0.195. The molecule has 1 N–H and O–H groups in total. The number of fused-ring (bicyclic) bond motifs is 5. The van der Waals surface area contributed by atoms with Gasteiger partial charge in [-0.05, 0) is 84.0 Å². The lowest BCUT2D eigenvalue weighted by Crippen LogP contribution is -2.26. The van der Waals surface area contributed by atoms with Crippen molar-refractivity contribution < 1.29 is 4.74 Å². The standard InChI is InChI=1S/C23H23BrN4O2/c24-17-2-1-3-19-21(17)22(29)26-23-27(16-8-11-30-13-16)20-12-15(4-5-18(20)28(19)23)14-6-9-25-10-7-14/h1-5,12,14,16,25H,6-11,13H2/t16-/m0/s1. The fraction of sp³-hybridized carbons (Fsp3) is 0.391. The van der Waals surface area contributed by atoms with E-state index >= 15 is 0 Å². The largest absolute Gasteiger partial charge is 0.379 e. The van der Waals surface area contributed by atoms with Crippen molar-refractivity contribution >= 4 is 43.6 Å². The van der Waals surface area contributed by atoms with Gasteiger partial charge in [0.25, 0.3) is 5.56 Å². The molecule has 2 aromatic heterocycles. The van der Waals surface area contributed by atoms with Crippen molar-refractivity contribution in [3.8, 4) is 0 Å². The maximum Gasteiger partial charge on any atom is 0.283 e. The molecule has 0 unspecified atom stereocenters. The number of aromatic nitrogens is 3. The summed E-state index contributed by atoms with van der Waals surface area (Å²) in [6, 6.07) is 12.9. The highest BCUT2D eigenvalue weighted by atomic mass is 79.9. The number of nitrogens with zero attached hydrogens (tertiary/aromatic N) is 3. The Kier molecular flexibility index (Phi) is 4.44. The lowest BCUT2D eigenvalue weighted by atomic mass is 9.90. The van der Waals surface area contributed by atoms with Crippen molar-refractivity contribution in [3.63, 3.8) is 0 Å². The molecule has 7 heteroatoms. The molecule has 0 spiro atoms. The van der Waals surface area contributed by atoms with Crippen LogP contribution in [0, 0.1) is 0 Å². The zero-order valence-corrected chi connectivity index (χ0v) is 18.2. The van der Waals surface area contributed by atoms with Crippen molar-refractivity contribution in [2.75, 3.05) is 26.3 Å². The van der Waals surface area contributed by atoms with Crippen LogP contribution in [0.25, 0.3) is 27.7 Å².